The van der Waals surface area contributed by atoms with Crippen LogP contribution in [-0.2, 0) is 4.79 Å². The third-order valence-electron chi connectivity index (χ3n) is 5.61. The van der Waals surface area contributed by atoms with Crippen LogP contribution in [0.25, 0.3) is 10.9 Å². The molecule has 1 fully saturated rings. The molecule has 1 aliphatic carbocycles. The molecule has 0 saturated heterocycles. The fourth-order valence-electron chi connectivity index (χ4n) is 3.88. The molecule has 0 atom stereocenters. The van der Waals surface area contributed by atoms with Crippen molar-refractivity contribution in [2.45, 2.75) is 36.9 Å². The highest BCUT2D eigenvalue weighted by Crippen LogP contribution is 2.32. The minimum Gasteiger partial charge on any atom is -0.315 e. The van der Waals surface area contributed by atoms with Gasteiger partial charge >= 0.3 is 0 Å². The number of nitro groups is 1. The van der Waals surface area contributed by atoms with Crippen molar-refractivity contribution >= 4 is 39.9 Å². The molecule has 31 heavy (non-hydrogen) atoms. The summed E-state index contributed by atoms with van der Waals surface area (Å²) in [7, 11) is 1.63. The summed E-state index contributed by atoms with van der Waals surface area (Å²) in [5.41, 5.74) is 1.10. The van der Waals surface area contributed by atoms with E-state index in [1.807, 2.05) is 18.2 Å². The molecular weight excluding hydrogens is 416 g/mol. The molecule has 1 aromatic heterocycles. The number of benzene rings is 2. The van der Waals surface area contributed by atoms with Crippen LogP contribution in [-0.4, -0.2) is 33.2 Å². The highest BCUT2D eigenvalue weighted by molar-refractivity contribution is 7.99. The molecule has 0 aliphatic heterocycles. The molecule has 1 amide bonds. The Hall–Kier alpha value is -3.20. The van der Waals surface area contributed by atoms with E-state index in [4.69, 9.17) is 4.98 Å². The standard InChI is InChI=1S/C22H22N4O4S/c1-24(15-10-12-17(13-11-15)26(29)30)20(27)14-31-22-23-19-9-5-4-8-18(19)21(28)25(22)16-6-2-3-7-16/h4-5,8-13,16H,2-3,6-7,14H2,1H3. The number of rotatable bonds is 6. The molecule has 3 aromatic rings. The van der Waals surface area contributed by atoms with Crippen LogP contribution < -0.4 is 10.5 Å². The van der Waals surface area contributed by atoms with Crippen molar-refractivity contribution in [2.75, 3.05) is 17.7 Å². The molecule has 4 rings (SSSR count). The van der Waals surface area contributed by atoms with Crippen LogP contribution in [0, 0.1) is 10.1 Å². The first-order valence-electron chi connectivity index (χ1n) is 10.1. The van der Waals surface area contributed by atoms with Gasteiger partial charge in [0.1, 0.15) is 0 Å². The average molecular weight is 439 g/mol. The van der Waals surface area contributed by atoms with Gasteiger partial charge in [0.25, 0.3) is 11.2 Å². The monoisotopic (exact) mass is 438 g/mol. The van der Waals surface area contributed by atoms with Crippen molar-refractivity contribution in [1.29, 1.82) is 0 Å². The topological polar surface area (TPSA) is 98.3 Å². The van der Waals surface area contributed by atoms with Gasteiger partial charge in [-0.2, -0.15) is 0 Å². The number of nitro benzene ring substituents is 1. The maximum atomic E-state index is 13.2. The number of nitrogens with zero attached hydrogens (tertiary/aromatic N) is 4. The number of carbonyl (C=O) groups excluding carboxylic acids is 1. The Morgan fingerprint density at radius 3 is 2.55 bits per heavy atom. The first-order valence-corrected chi connectivity index (χ1v) is 11.1. The number of non-ortho nitro benzene ring substituents is 1. The fourth-order valence-corrected chi connectivity index (χ4v) is 4.86. The van der Waals surface area contributed by atoms with Gasteiger partial charge < -0.3 is 4.90 Å². The Bertz CT molecular complexity index is 1190. The van der Waals surface area contributed by atoms with E-state index in [0.717, 1.165) is 25.7 Å². The second kappa shape index (κ2) is 8.89. The van der Waals surface area contributed by atoms with E-state index < -0.39 is 4.92 Å². The van der Waals surface area contributed by atoms with E-state index in [1.165, 1.54) is 28.8 Å². The van der Waals surface area contributed by atoms with E-state index in [1.54, 1.807) is 29.8 Å². The van der Waals surface area contributed by atoms with Gasteiger partial charge in [0, 0.05) is 30.9 Å². The normalized spacial score (nSPS) is 14.1. The number of carbonyl (C=O) groups is 1. The van der Waals surface area contributed by atoms with Crippen LogP contribution >= 0.6 is 11.8 Å². The summed E-state index contributed by atoms with van der Waals surface area (Å²) in [6.07, 6.45) is 4.03. The molecule has 160 valence electrons. The molecule has 8 nitrogen and oxygen atoms in total. The van der Waals surface area contributed by atoms with Crippen LogP contribution in [0.3, 0.4) is 0 Å². The van der Waals surface area contributed by atoms with Gasteiger partial charge in [0.2, 0.25) is 5.91 Å². The number of amides is 1. The van der Waals surface area contributed by atoms with E-state index in [0.29, 0.717) is 21.7 Å². The molecule has 0 spiro atoms. The van der Waals surface area contributed by atoms with E-state index >= 15 is 0 Å². The molecule has 1 heterocycles. The van der Waals surface area contributed by atoms with Crippen LogP contribution in [0.15, 0.2) is 58.5 Å². The summed E-state index contributed by atoms with van der Waals surface area (Å²) in [5.74, 6) is -0.0791. The quantitative estimate of drug-likeness (QED) is 0.248. The predicted octanol–water partition coefficient (Wildman–Crippen LogP) is 4.17. The molecule has 0 unspecified atom stereocenters. The first kappa shape index (κ1) is 21.0. The van der Waals surface area contributed by atoms with Gasteiger partial charge in [0.05, 0.1) is 21.6 Å². The first-order chi connectivity index (χ1) is 15.0. The molecule has 1 aliphatic rings. The lowest BCUT2D eigenvalue weighted by Crippen LogP contribution is -2.29. The van der Waals surface area contributed by atoms with Crippen molar-refractivity contribution in [3.05, 3.63) is 69.0 Å². The number of para-hydroxylation sites is 1. The molecule has 0 radical (unpaired) electrons. The van der Waals surface area contributed by atoms with Crippen molar-refractivity contribution < 1.29 is 9.72 Å². The molecule has 1 saturated carbocycles. The zero-order chi connectivity index (χ0) is 22.0. The predicted molar refractivity (Wildman–Crippen MR) is 121 cm³/mol. The maximum Gasteiger partial charge on any atom is 0.269 e. The maximum absolute atomic E-state index is 13.2. The van der Waals surface area contributed by atoms with Crippen LogP contribution in [0.5, 0.6) is 0 Å². The van der Waals surface area contributed by atoms with Crippen molar-refractivity contribution in [2.24, 2.45) is 0 Å². The summed E-state index contributed by atoms with van der Waals surface area (Å²) < 4.78 is 1.76. The van der Waals surface area contributed by atoms with E-state index in [-0.39, 0.29) is 28.9 Å². The molecule has 0 bridgehead atoms. The van der Waals surface area contributed by atoms with Crippen LogP contribution in [0.2, 0.25) is 0 Å². The Balaban J connectivity index is 1.57. The summed E-state index contributed by atoms with van der Waals surface area (Å²) in [6.45, 7) is 0. The minimum absolute atomic E-state index is 0.0279. The summed E-state index contributed by atoms with van der Waals surface area (Å²) >= 11 is 1.25. The number of aromatic nitrogens is 2. The van der Waals surface area contributed by atoms with E-state index in [9.17, 15) is 19.7 Å². The number of fused-ring (bicyclic) bond motifs is 1. The Morgan fingerprint density at radius 2 is 1.87 bits per heavy atom. The third-order valence-corrected chi connectivity index (χ3v) is 6.55. The fraction of sp³-hybridized carbons (Fsp3) is 0.318. The van der Waals surface area contributed by atoms with Gasteiger partial charge in [-0.15, -0.1) is 0 Å². The highest BCUT2D eigenvalue weighted by Gasteiger charge is 2.24. The van der Waals surface area contributed by atoms with Gasteiger partial charge in [-0.05, 0) is 37.1 Å². The molecule has 2 aromatic carbocycles. The lowest BCUT2D eigenvalue weighted by atomic mass is 10.2. The van der Waals surface area contributed by atoms with Crippen LogP contribution in [0.4, 0.5) is 11.4 Å². The Morgan fingerprint density at radius 1 is 1.19 bits per heavy atom. The van der Waals surface area contributed by atoms with Crippen molar-refractivity contribution in [3.63, 3.8) is 0 Å². The van der Waals surface area contributed by atoms with E-state index in [2.05, 4.69) is 0 Å². The molecule has 0 N–H and O–H groups in total. The highest BCUT2D eigenvalue weighted by atomic mass is 32.2. The van der Waals surface area contributed by atoms with Gasteiger partial charge in [-0.3, -0.25) is 24.3 Å². The zero-order valence-corrected chi connectivity index (χ0v) is 17.9. The number of thioether (sulfide) groups is 1. The van der Waals surface area contributed by atoms with Crippen molar-refractivity contribution in [3.8, 4) is 0 Å². The number of hydrogen-bond donors (Lipinski definition) is 0. The number of anilines is 1. The van der Waals surface area contributed by atoms with Gasteiger partial charge in [-0.1, -0.05) is 36.7 Å². The average Bonchev–Trinajstić information content (AvgIpc) is 3.31. The van der Waals surface area contributed by atoms with Crippen molar-refractivity contribution in [1.82, 2.24) is 9.55 Å². The lowest BCUT2D eigenvalue weighted by Gasteiger charge is -2.20. The summed E-state index contributed by atoms with van der Waals surface area (Å²) in [6, 6.07) is 13.2. The number of hydrogen-bond acceptors (Lipinski definition) is 6. The minimum atomic E-state index is -0.477. The lowest BCUT2D eigenvalue weighted by molar-refractivity contribution is -0.384. The largest absolute Gasteiger partial charge is 0.315 e. The molecule has 9 heteroatoms. The SMILES string of the molecule is CN(C(=O)CSc1nc2ccccc2c(=O)n1C1CCCC1)c1ccc([N+](=O)[O-])cc1. The second-order valence-corrected chi connectivity index (χ2v) is 8.48. The zero-order valence-electron chi connectivity index (χ0n) is 17.1. The molecular formula is C22H22N4O4S. The Kier molecular flexibility index (Phi) is 6.03. The van der Waals surface area contributed by atoms with Crippen LogP contribution in [0.1, 0.15) is 31.7 Å². The van der Waals surface area contributed by atoms with Gasteiger partial charge in [0.15, 0.2) is 5.16 Å². The third kappa shape index (κ3) is 4.32. The second-order valence-electron chi connectivity index (χ2n) is 7.54. The smallest absolute Gasteiger partial charge is 0.269 e. The Labute approximate surface area is 183 Å². The summed E-state index contributed by atoms with van der Waals surface area (Å²) in [5, 5.41) is 12.0. The summed E-state index contributed by atoms with van der Waals surface area (Å²) in [4.78, 5) is 42.5. The van der Waals surface area contributed by atoms with Gasteiger partial charge in [-0.25, -0.2) is 4.98 Å².